The van der Waals surface area contributed by atoms with Crippen LogP contribution in [0.5, 0.6) is 0 Å². The standard InChI is InChI=1S/C19H14ClF3N2O2/c20-11-8-15-13-2-1-3-14(13)17(10-4-6-12(7-5-10)25(26)27)24-18(15)16(9-11)19(21,22)23/h1-2,4-9,13-14,17,24H,3H2/t13-,14-,17-/m0/s1. The molecule has 27 heavy (non-hydrogen) atoms. The molecular formula is C19H14ClF3N2O2. The largest absolute Gasteiger partial charge is 0.418 e. The number of non-ortho nitro benzene ring substituents is 1. The molecule has 0 amide bonds. The molecule has 2 aromatic carbocycles. The molecule has 2 aromatic rings. The minimum absolute atomic E-state index is 0.0125. The van der Waals surface area contributed by atoms with E-state index < -0.39 is 16.7 Å². The van der Waals surface area contributed by atoms with Crippen molar-refractivity contribution in [2.75, 3.05) is 5.32 Å². The summed E-state index contributed by atoms with van der Waals surface area (Å²) in [4.78, 5) is 10.4. The summed E-state index contributed by atoms with van der Waals surface area (Å²) in [5, 5.41) is 14.0. The zero-order chi connectivity index (χ0) is 19.3. The van der Waals surface area contributed by atoms with E-state index >= 15 is 0 Å². The number of alkyl halides is 3. The number of nitrogens with one attached hydrogen (secondary N) is 1. The van der Waals surface area contributed by atoms with Crippen molar-refractivity contribution in [2.24, 2.45) is 5.92 Å². The summed E-state index contributed by atoms with van der Waals surface area (Å²) in [5.74, 6) is -0.181. The molecular weight excluding hydrogens is 381 g/mol. The first kappa shape index (κ1) is 17.9. The Morgan fingerprint density at radius 2 is 1.89 bits per heavy atom. The second-order valence-corrected chi connectivity index (χ2v) is 7.18. The van der Waals surface area contributed by atoms with Gasteiger partial charge in [-0.3, -0.25) is 10.1 Å². The molecule has 0 saturated carbocycles. The van der Waals surface area contributed by atoms with Crippen LogP contribution in [-0.4, -0.2) is 4.92 Å². The van der Waals surface area contributed by atoms with Gasteiger partial charge in [-0.05, 0) is 35.6 Å². The minimum atomic E-state index is -4.54. The lowest BCUT2D eigenvalue weighted by atomic mass is 9.76. The molecule has 1 N–H and O–H groups in total. The van der Waals surface area contributed by atoms with Gasteiger partial charge in [-0.1, -0.05) is 35.9 Å². The number of nitro benzene ring substituents is 1. The number of hydrogen-bond acceptors (Lipinski definition) is 3. The number of rotatable bonds is 2. The number of benzene rings is 2. The highest BCUT2D eigenvalue weighted by atomic mass is 35.5. The van der Waals surface area contributed by atoms with Gasteiger partial charge in [0.25, 0.3) is 5.69 Å². The maximum atomic E-state index is 13.6. The van der Waals surface area contributed by atoms with Gasteiger partial charge < -0.3 is 5.32 Å². The van der Waals surface area contributed by atoms with Gasteiger partial charge in [0.15, 0.2) is 0 Å². The maximum Gasteiger partial charge on any atom is 0.418 e. The summed E-state index contributed by atoms with van der Waals surface area (Å²) in [6.07, 6.45) is 0.0294. The molecule has 1 heterocycles. The van der Waals surface area contributed by atoms with E-state index in [-0.39, 0.29) is 34.3 Å². The predicted molar refractivity (Wildman–Crippen MR) is 95.9 cm³/mol. The van der Waals surface area contributed by atoms with E-state index in [1.165, 1.54) is 12.1 Å². The Labute approximate surface area is 157 Å². The van der Waals surface area contributed by atoms with Crippen LogP contribution in [0.4, 0.5) is 24.5 Å². The third-order valence-electron chi connectivity index (χ3n) is 5.20. The molecule has 0 spiro atoms. The van der Waals surface area contributed by atoms with Crippen LogP contribution < -0.4 is 5.32 Å². The summed E-state index contributed by atoms with van der Waals surface area (Å²) in [7, 11) is 0. The lowest BCUT2D eigenvalue weighted by Crippen LogP contribution is -2.30. The van der Waals surface area contributed by atoms with Crippen molar-refractivity contribution in [3.05, 3.63) is 80.4 Å². The van der Waals surface area contributed by atoms with E-state index in [4.69, 9.17) is 11.6 Å². The summed E-state index contributed by atoms with van der Waals surface area (Å²) < 4.78 is 40.7. The average molecular weight is 395 g/mol. The molecule has 2 aliphatic rings. The fourth-order valence-electron chi connectivity index (χ4n) is 4.02. The summed E-state index contributed by atoms with van der Waals surface area (Å²) in [6.45, 7) is 0. The van der Waals surface area contributed by atoms with Crippen molar-refractivity contribution < 1.29 is 18.1 Å². The number of nitrogens with zero attached hydrogens (tertiary/aromatic N) is 1. The van der Waals surface area contributed by atoms with Crippen LogP contribution >= 0.6 is 11.6 Å². The zero-order valence-corrected chi connectivity index (χ0v) is 14.6. The van der Waals surface area contributed by atoms with Gasteiger partial charge in [0.2, 0.25) is 0 Å². The normalized spacial score (nSPS) is 23.5. The molecule has 3 atom stereocenters. The van der Waals surface area contributed by atoms with E-state index in [1.807, 2.05) is 12.2 Å². The first-order valence-corrected chi connectivity index (χ1v) is 8.71. The molecule has 4 rings (SSSR count). The van der Waals surface area contributed by atoms with Gasteiger partial charge >= 0.3 is 6.18 Å². The topological polar surface area (TPSA) is 55.2 Å². The van der Waals surface area contributed by atoms with Gasteiger partial charge in [0.1, 0.15) is 0 Å². The van der Waals surface area contributed by atoms with Crippen LogP contribution in [0.25, 0.3) is 0 Å². The lowest BCUT2D eigenvalue weighted by molar-refractivity contribution is -0.384. The van der Waals surface area contributed by atoms with Crippen molar-refractivity contribution in [1.29, 1.82) is 0 Å². The fraction of sp³-hybridized carbons (Fsp3) is 0.263. The quantitative estimate of drug-likeness (QED) is 0.380. The molecule has 0 saturated heterocycles. The van der Waals surface area contributed by atoms with Gasteiger partial charge in [0.05, 0.1) is 22.2 Å². The summed E-state index contributed by atoms with van der Waals surface area (Å²) in [5.41, 5.74) is 0.428. The fourth-order valence-corrected chi connectivity index (χ4v) is 4.25. The number of halogens is 4. The molecule has 0 unspecified atom stereocenters. The highest BCUT2D eigenvalue weighted by molar-refractivity contribution is 6.30. The van der Waals surface area contributed by atoms with Gasteiger partial charge in [-0.25, -0.2) is 0 Å². The van der Waals surface area contributed by atoms with Crippen LogP contribution in [0.1, 0.15) is 35.1 Å². The number of anilines is 1. The van der Waals surface area contributed by atoms with E-state index in [9.17, 15) is 23.3 Å². The van der Waals surface area contributed by atoms with Gasteiger partial charge in [0, 0.05) is 23.1 Å². The second kappa shape index (κ2) is 6.27. The van der Waals surface area contributed by atoms with Crippen LogP contribution in [0, 0.1) is 16.0 Å². The molecule has 0 bridgehead atoms. The van der Waals surface area contributed by atoms with Crippen LogP contribution in [0.3, 0.4) is 0 Å². The van der Waals surface area contributed by atoms with Crippen molar-refractivity contribution >= 4 is 23.0 Å². The second-order valence-electron chi connectivity index (χ2n) is 6.74. The highest BCUT2D eigenvalue weighted by Gasteiger charge is 2.43. The molecule has 1 aliphatic carbocycles. The Morgan fingerprint density at radius 1 is 1.19 bits per heavy atom. The molecule has 1 aliphatic heterocycles. The monoisotopic (exact) mass is 394 g/mol. The molecule has 0 fully saturated rings. The number of hydrogen-bond donors (Lipinski definition) is 1. The van der Waals surface area contributed by atoms with Crippen molar-refractivity contribution in [3.8, 4) is 0 Å². The minimum Gasteiger partial charge on any atom is -0.377 e. The van der Waals surface area contributed by atoms with E-state index in [1.54, 1.807) is 18.2 Å². The third kappa shape index (κ3) is 3.06. The average Bonchev–Trinajstić information content (AvgIpc) is 3.10. The van der Waals surface area contributed by atoms with E-state index in [0.717, 1.165) is 6.07 Å². The Kier molecular flexibility index (Phi) is 4.14. The Hall–Kier alpha value is -2.54. The van der Waals surface area contributed by atoms with Crippen LogP contribution in [0.2, 0.25) is 5.02 Å². The van der Waals surface area contributed by atoms with Crippen molar-refractivity contribution in [2.45, 2.75) is 24.6 Å². The van der Waals surface area contributed by atoms with Gasteiger partial charge in [-0.2, -0.15) is 13.2 Å². The Bertz CT molecular complexity index is 941. The third-order valence-corrected chi connectivity index (χ3v) is 5.42. The Morgan fingerprint density at radius 3 is 2.52 bits per heavy atom. The van der Waals surface area contributed by atoms with E-state index in [0.29, 0.717) is 17.5 Å². The number of nitro groups is 1. The smallest absolute Gasteiger partial charge is 0.377 e. The number of fused-ring (bicyclic) bond motifs is 3. The molecule has 4 nitrogen and oxygen atoms in total. The highest BCUT2D eigenvalue weighted by Crippen LogP contribution is 2.53. The molecule has 0 radical (unpaired) electrons. The SMILES string of the molecule is O=[N+]([O-])c1ccc([C@@H]2Nc3c(cc(Cl)cc3C(F)(F)F)[C@H]3C=CC[C@@H]32)cc1. The maximum absolute atomic E-state index is 13.6. The number of allylic oxidation sites excluding steroid dienone is 2. The molecule has 140 valence electrons. The molecule has 0 aromatic heterocycles. The van der Waals surface area contributed by atoms with Crippen LogP contribution in [0.15, 0.2) is 48.6 Å². The van der Waals surface area contributed by atoms with Crippen LogP contribution in [-0.2, 0) is 6.18 Å². The summed E-state index contributed by atoms with van der Waals surface area (Å²) >= 11 is 5.96. The van der Waals surface area contributed by atoms with E-state index in [2.05, 4.69) is 5.32 Å². The van der Waals surface area contributed by atoms with Crippen molar-refractivity contribution in [3.63, 3.8) is 0 Å². The summed E-state index contributed by atoms with van der Waals surface area (Å²) in [6, 6.07) is 8.06. The first-order chi connectivity index (χ1) is 12.8. The zero-order valence-electron chi connectivity index (χ0n) is 13.8. The first-order valence-electron chi connectivity index (χ1n) is 8.34. The lowest BCUT2D eigenvalue weighted by Gasteiger charge is -2.38. The Balaban J connectivity index is 1.82. The predicted octanol–water partition coefficient (Wildman–Crippen LogP) is 6.09. The van der Waals surface area contributed by atoms with Crippen molar-refractivity contribution in [1.82, 2.24) is 0 Å². The van der Waals surface area contributed by atoms with Gasteiger partial charge in [-0.15, -0.1) is 0 Å². The molecule has 8 heteroatoms.